The number of ether oxygens (including phenoxy) is 2. The fourth-order valence-electron chi connectivity index (χ4n) is 4.25. The zero-order valence-corrected chi connectivity index (χ0v) is 28.1. The quantitative estimate of drug-likeness (QED) is 0.197. The molecular weight excluding hydrogens is 517 g/mol. The summed E-state index contributed by atoms with van der Waals surface area (Å²) in [5, 5.41) is 10.0. The molecule has 0 spiro atoms. The normalized spacial score (nSPS) is 24.4. The molecule has 214 valence electrons. The van der Waals surface area contributed by atoms with E-state index in [1.807, 2.05) is 17.8 Å². The Morgan fingerprint density at radius 3 is 2.05 bits per heavy atom. The molecule has 8 heteroatoms. The fraction of sp³-hybridized carbons (Fsp3) is 0.793. The molecule has 0 radical (unpaired) electrons. The SMILES string of the molecule is CO[C@@H]1[C@@H](CSc2ccccc2)[C@H](CCO)O[C@@H]1CC(CO[Si](C)(C)C(C)(C)C)O[Si](C)(C)C(C)(C)C. The van der Waals surface area contributed by atoms with Gasteiger partial charge in [-0.1, -0.05) is 59.7 Å². The van der Waals surface area contributed by atoms with Gasteiger partial charge in [-0.2, -0.15) is 0 Å². The maximum Gasteiger partial charge on any atom is 0.192 e. The van der Waals surface area contributed by atoms with Crippen LogP contribution < -0.4 is 0 Å². The molecule has 1 unspecified atom stereocenters. The fourth-order valence-corrected chi connectivity index (χ4v) is 7.77. The third kappa shape index (κ3) is 9.17. The average molecular weight is 571 g/mol. The highest BCUT2D eigenvalue weighted by Crippen LogP contribution is 2.42. The summed E-state index contributed by atoms with van der Waals surface area (Å²) in [6.07, 6.45) is 1.10. The molecule has 0 amide bonds. The van der Waals surface area contributed by atoms with Gasteiger partial charge in [0.15, 0.2) is 16.6 Å². The summed E-state index contributed by atoms with van der Waals surface area (Å²) < 4.78 is 26.4. The van der Waals surface area contributed by atoms with Crippen molar-refractivity contribution in [3.05, 3.63) is 30.3 Å². The lowest BCUT2D eigenvalue weighted by molar-refractivity contribution is -0.0396. The molecule has 5 nitrogen and oxygen atoms in total. The van der Waals surface area contributed by atoms with Crippen LogP contribution in [0.15, 0.2) is 35.2 Å². The Morgan fingerprint density at radius 1 is 0.946 bits per heavy atom. The lowest BCUT2D eigenvalue weighted by Crippen LogP contribution is -2.49. The molecule has 5 atom stereocenters. The van der Waals surface area contributed by atoms with E-state index in [1.54, 1.807) is 7.11 Å². The van der Waals surface area contributed by atoms with E-state index in [0.717, 1.165) is 12.2 Å². The van der Waals surface area contributed by atoms with Gasteiger partial charge < -0.3 is 23.4 Å². The predicted molar refractivity (Wildman–Crippen MR) is 162 cm³/mol. The van der Waals surface area contributed by atoms with Crippen molar-refractivity contribution in [3.63, 3.8) is 0 Å². The highest BCUT2D eigenvalue weighted by atomic mass is 32.2. The summed E-state index contributed by atoms with van der Waals surface area (Å²) in [6.45, 7) is 23.6. The van der Waals surface area contributed by atoms with Gasteiger partial charge in [-0.05, 0) is 54.8 Å². The highest BCUT2D eigenvalue weighted by molar-refractivity contribution is 7.99. The van der Waals surface area contributed by atoms with Crippen molar-refractivity contribution in [2.24, 2.45) is 5.92 Å². The molecular formula is C29H54O5SSi2. The lowest BCUT2D eigenvalue weighted by atomic mass is 9.94. The number of hydrogen-bond acceptors (Lipinski definition) is 6. The second kappa shape index (κ2) is 13.4. The molecule has 1 saturated heterocycles. The van der Waals surface area contributed by atoms with Crippen LogP contribution >= 0.6 is 11.8 Å². The number of benzene rings is 1. The van der Waals surface area contributed by atoms with Gasteiger partial charge in [0.25, 0.3) is 0 Å². The van der Waals surface area contributed by atoms with Gasteiger partial charge >= 0.3 is 0 Å². The first-order valence-corrected chi connectivity index (χ1v) is 20.6. The maximum absolute atomic E-state index is 9.79. The van der Waals surface area contributed by atoms with E-state index >= 15 is 0 Å². The molecule has 0 bridgehead atoms. The van der Waals surface area contributed by atoms with Crippen molar-refractivity contribution in [1.82, 2.24) is 0 Å². The number of aliphatic hydroxyl groups excluding tert-OH is 1. The average Bonchev–Trinajstić information content (AvgIpc) is 3.11. The summed E-state index contributed by atoms with van der Waals surface area (Å²) in [6, 6.07) is 10.5. The van der Waals surface area contributed by atoms with Crippen molar-refractivity contribution in [3.8, 4) is 0 Å². The summed E-state index contributed by atoms with van der Waals surface area (Å²) in [5.41, 5.74) is 0. The summed E-state index contributed by atoms with van der Waals surface area (Å²) in [5.74, 6) is 1.08. The first kappa shape index (κ1) is 33.0. The molecule has 2 rings (SSSR count). The number of hydrogen-bond donors (Lipinski definition) is 1. The largest absolute Gasteiger partial charge is 0.414 e. The predicted octanol–water partition coefficient (Wildman–Crippen LogP) is 7.36. The molecule has 1 fully saturated rings. The first-order valence-electron chi connectivity index (χ1n) is 13.8. The standard InChI is InChI=1S/C29H54O5SSi2/c1-28(2,3)36(8,9)32-20-22(34-37(10,11)29(4,5)6)19-26-27(31-7)24(25(33-26)17-18-30)21-35-23-15-13-12-14-16-23/h12-16,22,24-27,30H,17-21H2,1-11H3/t22?,24-,25-,26+,27+/m0/s1. The van der Waals surface area contributed by atoms with Crippen molar-refractivity contribution in [1.29, 1.82) is 0 Å². The van der Waals surface area contributed by atoms with Crippen molar-refractivity contribution in [2.75, 3.05) is 26.1 Å². The topological polar surface area (TPSA) is 57.2 Å². The van der Waals surface area contributed by atoms with Crippen molar-refractivity contribution < 1.29 is 23.4 Å². The lowest BCUT2D eigenvalue weighted by Gasteiger charge is -2.42. The van der Waals surface area contributed by atoms with Crippen LogP contribution in [0.3, 0.4) is 0 Å². The zero-order valence-electron chi connectivity index (χ0n) is 25.3. The molecule has 0 saturated carbocycles. The summed E-state index contributed by atoms with van der Waals surface area (Å²) >= 11 is 1.83. The minimum atomic E-state index is -2.03. The van der Waals surface area contributed by atoms with Gasteiger partial charge in [-0.3, -0.25) is 0 Å². The molecule has 37 heavy (non-hydrogen) atoms. The van der Waals surface area contributed by atoms with Crippen molar-refractivity contribution >= 4 is 28.4 Å². The van der Waals surface area contributed by atoms with E-state index in [9.17, 15) is 5.11 Å². The van der Waals surface area contributed by atoms with E-state index in [4.69, 9.17) is 18.3 Å². The van der Waals surface area contributed by atoms with Crippen molar-refractivity contribution in [2.45, 2.75) is 120 Å². The van der Waals surface area contributed by atoms with E-state index in [2.05, 4.69) is 92.0 Å². The third-order valence-electron chi connectivity index (χ3n) is 8.69. The Labute approximate surface area is 233 Å². The van der Waals surface area contributed by atoms with Crippen LogP contribution in [0, 0.1) is 5.92 Å². The molecule has 1 aliphatic heterocycles. The highest BCUT2D eigenvalue weighted by Gasteiger charge is 2.47. The number of aliphatic hydroxyl groups is 1. The third-order valence-corrected chi connectivity index (χ3v) is 18.9. The Balaban J connectivity index is 2.24. The molecule has 1 aromatic carbocycles. The minimum absolute atomic E-state index is 0.0361. The van der Waals surface area contributed by atoms with Gasteiger partial charge in [-0.25, -0.2) is 0 Å². The van der Waals surface area contributed by atoms with Gasteiger partial charge in [0, 0.05) is 36.7 Å². The molecule has 1 aliphatic rings. The van der Waals surface area contributed by atoms with E-state index in [0.29, 0.717) is 13.0 Å². The molecule has 0 aromatic heterocycles. The first-order chi connectivity index (χ1) is 17.0. The second-order valence-corrected chi connectivity index (χ2v) is 24.2. The van der Waals surface area contributed by atoms with Crippen LogP contribution in [0.4, 0.5) is 0 Å². The Bertz CT molecular complexity index is 807. The van der Waals surface area contributed by atoms with Crippen LogP contribution in [-0.4, -0.2) is 72.2 Å². The van der Waals surface area contributed by atoms with Gasteiger partial charge in [0.2, 0.25) is 0 Å². The summed E-state index contributed by atoms with van der Waals surface area (Å²) in [4.78, 5) is 1.24. The van der Waals surface area contributed by atoms with Crippen LogP contribution in [0.2, 0.25) is 36.3 Å². The Morgan fingerprint density at radius 2 is 1.54 bits per heavy atom. The Hall–Kier alpha value is -0.196. The number of thioether (sulfide) groups is 1. The van der Waals surface area contributed by atoms with Gasteiger partial charge in [0.1, 0.15) is 0 Å². The van der Waals surface area contributed by atoms with Crippen LogP contribution in [0.1, 0.15) is 54.4 Å². The minimum Gasteiger partial charge on any atom is -0.414 e. The van der Waals surface area contributed by atoms with Crippen LogP contribution in [0.5, 0.6) is 0 Å². The monoisotopic (exact) mass is 570 g/mol. The Kier molecular flexibility index (Phi) is 12.0. The number of methoxy groups -OCH3 is 1. The second-order valence-electron chi connectivity index (χ2n) is 13.5. The maximum atomic E-state index is 9.79. The van der Waals surface area contributed by atoms with Gasteiger partial charge in [0.05, 0.1) is 31.0 Å². The van der Waals surface area contributed by atoms with E-state index in [1.165, 1.54) is 4.90 Å². The van der Waals surface area contributed by atoms with E-state index < -0.39 is 16.6 Å². The molecule has 1 heterocycles. The molecule has 1 N–H and O–H groups in total. The van der Waals surface area contributed by atoms with Crippen LogP contribution in [0.25, 0.3) is 0 Å². The smallest absolute Gasteiger partial charge is 0.192 e. The van der Waals surface area contributed by atoms with Gasteiger partial charge in [-0.15, -0.1) is 11.8 Å². The molecule has 0 aliphatic carbocycles. The number of rotatable bonds is 13. The summed E-state index contributed by atoms with van der Waals surface area (Å²) in [7, 11) is -2.17. The van der Waals surface area contributed by atoms with Crippen LogP contribution in [-0.2, 0) is 18.3 Å². The van der Waals surface area contributed by atoms with E-state index in [-0.39, 0.29) is 47.0 Å². The molecule has 1 aromatic rings. The zero-order chi connectivity index (χ0) is 28.1.